The molecule has 1 aromatic heterocycles. The van der Waals surface area contributed by atoms with Crippen LogP contribution in [0.1, 0.15) is 5.82 Å². The van der Waals surface area contributed by atoms with Gasteiger partial charge in [0.15, 0.2) is 10.8 Å². The first-order valence-electron chi connectivity index (χ1n) is 5.18. The van der Waals surface area contributed by atoms with Gasteiger partial charge in [-0.2, -0.15) is 0 Å². The molecule has 1 aliphatic rings. The summed E-state index contributed by atoms with van der Waals surface area (Å²) in [6, 6.07) is 0. The van der Waals surface area contributed by atoms with E-state index in [2.05, 4.69) is 15.0 Å². The molecule has 2 N–H and O–H groups in total. The maximum Gasteiger partial charge on any atom is 0.181 e. The molecule has 0 amide bonds. The zero-order valence-corrected chi connectivity index (χ0v) is 10.6. The maximum absolute atomic E-state index is 6.30. The Bertz CT molecular complexity index is 358. The summed E-state index contributed by atoms with van der Waals surface area (Å²) in [5.41, 5.74) is 5.41. The molecule has 6 nitrogen and oxygen atoms in total. The first-order valence-corrected chi connectivity index (χ1v) is 6.00. The summed E-state index contributed by atoms with van der Waals surface area (Å²) in [6.45, 7) is 2.61. The van der Waals surface area contributed by atoms with Gasteiger partial charge in [-0.1, -0.05) is 11.6 Å². The van der Waals surface area contributed by atoms with Crippen LogP contribution in [0.5, 0.6) is 0 Å². The van der Waals surface area contributed by atoms with Crippen LogP contribution >= 0.6 is 23.2 Å². The van der Waals surface area contributed by atoms with Crippen molar-refractivity contribution in [1.82, 2.24) is 19.9 Å². The summed E-state index contributed by atoms with van der Waals surface area (Å²) in [4.78, 5) is 12.2. The minimum Gasteiger partial charge on any atom is -0.379 e. The molecule has 2 heterocycles. The van der Waals surface area contributed by atoms with Gasteiger partial charge in [-0.3, -0.25) is 4.90 Å². The van der Waals surface area contributed by atoms with E-state index in [1.165, 1.54) is 12.7 Å². The summed E-state index contributed by atoms with van der Waals surface area (Å²) in [7, 11) is 0. The number of rotatable bonds is 3. The molecule has 2 unspecified atom stereocenters. The number of nitrogens with two attached hydrogens (primary N) is 1. The number of morpholine rings is 1. The van der Waals surface area contributed by atoms with Crippen molar-refractivity contribution in [3.63, 3.8) is 0 Å². The van der Waals surface area contributed by atoms with Crippen molar-refractivity contribution in [2.24, 2.45) is 5.73 Å². The minimum atomic E-state index is -1.35. The molecule has 1 saturated heterocycles. The number of alkyl halides is 2. The van der Waals surface area contributed by atoms with Crippen LogP contribution in [0.2, 0.25) is 0 Å². The lowest BCUT2D eigenvalue weighted by Crippen LogP contribution is -2.53. The van der Waals surface area contributed by atoms with Crippen molar-refractivity contribution in [3.05, 3.63) is 18.5 Å². The van der Waals surface area contributed by atoms with E-state index in [4.69, 9.17) is 33.7 Å². The molecule has 1 aliphatic heterocycles. The van der Waals surface area contributed by atoms with Gasteiger partial charge in [0.1, 0.15) is 18.2 Å². The van der Waals surface area contributed by atoms with Crippen LogP contribution in [0, 0.1) is 0 Å². The van der Waals surface area contributed by atoms with Gasteiger partial charge in [0.2, 0.25) is 0 Å². The molecule has 0 saturated carbocycles. The van der Waals surface area contributed by atoms with Crippen LogP contribution in [-0.2, 0) is 9.73 Å². The lowest BCUT2D eigenvalue weighted by Gasteiger charge is -2.37. The highest BCUT2D eigenvalue weighted by Gasteiger charge is 2.40. The quantitative estimate of drug-likeness (QED) is 0.625. The highest BCUT2D eigenvalue weighted by Crippen LogP contribution is 2.30. The number of ether oxygens (including phenoxy) is 1. The van der Waals surface area contributed by atoms with Crippen LogP contribution in [-0.4, -0.2) is 51.7 Å². The van der Waals surface area contributed by atoms with Crippen LogP contribution < -0.4 is 5.73 Å². The zero-order chi connectivity index (χ0) is 12.3. The van der Waals surface area contributed by atoms with Gasteiger partial charge < -0.3 is 10.5 Å². The molecule has 1 aromatic rings. The highest BCUT2D eigenvalue weighted by molar-refractivity contribution is 6.31. The van der Waals surface area contributed by atoms with Crippen LogP contribution in [0.25, 0.3) is 0 Å². The molecule has 0 aromatic carbocycles. The summed E-state index contributed by atoms with van der Waals surface area (Å²) in [5, 5.41) is 0. The van der Waals surface area contributed by atoms with Crippen LogP contribution in [0.4, 0.5) is 0 Å². The van der Waals surface area contributed by atoms with E-state index in [0.29, 0.717) is 26.3 Å². The van der Waals surface area contributed by atoms with E-state index in [1.807, 2.05) is 4.90 Å². The molecule has 17 heavy (non-hydrogen) atoms. The topological polar surface area (TPSA) is 77.2 Å². The Morgan fingerprint density at radius 1 is 1.35 bits per heavy atom. The van der Waals surface area contributed by atoms with Gasteiger partial charge in [0.25, 0.3) is 0 Å². The lowest BCUT2D eigenvalue weighted by atomic mass is 10.2. The number of nitrogens with zero attached hydrogens (tertiary/aromatic N) is 4. The van der Waals surface area contributed by atoms with Gasteiger partial charge in [-0.15, -0.1) is 11.6 Å². The molecule has 2 rings (SSSR count). The normalized spacial score (nSPS) is 23.0. The molecule has 0 spiro atoms. The summed E-state index contributed by atoms with van der Waals surface area (Å²) >= 11 is 12.6. The largest absolute Gasteiger partial charge is 0.379 e. The van der Waals surface area contributed by atoms with Gasteiger partial charge >= 0.3 is 0 Å². The van der Waals surface area contributed by atoms with E-state index >= 15 is 0 Å². The number of hydrogen-bond donors (Lipinski definition) is 1. The van der Waals surface area contributed by atoms with E-state index in [1.54, 1.807) is 0 Å². The lowest BCUT2D eigenvalue weighted by molar-refractivity contribution is 0.0239. The third kappa shape index (κ3) is 2.83. The molecule has 94 valence electrons. The molecular formula is C9H13Cl2N5O. The Kier molecular flexibility index (Phi) is 4.11. The fourth-order valence-corrected chi connectivity index (χ4v) is 2.14. The SMILES string of the molecule is NC(Cl)(c1ncncn1)C(Cl)N1CCOCC1. The second kappa shape index (κ2) is 5.41. The third-order valence-corrected chi connectivity index (χ3v) is 3.66. The van der Waals surface area contributed by atoms with Crippen molar-refractivity contribution in [1.29, 1.82) is 0 Å². The van der Waals surface area contributed by atoms with Gasteiger partial charge in [0, 0.05) is 13.1 Å². The maximum atomic E-state index is 6.30. The van der Waals surface area contributed by atoms with Crippen LogP contribution in [0.3, 0.4) is 0 Å². The van der Waals surface area contributed by atoms with Crippen molar-refractivity contribution >= 4 is 23.2 Å². The van der Waals surface area contributed by atoms with E-state index < -0.39 is 10.5 Å². The van der Waals surface area contributed by atoms with E-state index in [-0.39, 0.29) is 5.82 Å². The minimum absolute atomic E-state index is 0.264. The zero-order valence-electron chi connectivity index (χ0n) is 9.09. The molecule has 1 fully saturated rings. The van der Waals surface area contributed by atoms with Gasteiger partial charge in [0.05, 0.1) is 13.2 Å². The molecule has 0 bridgehead atoms. The molecular weight excluding hydrogens is 265 g/mol. The third-order valence-electron chi connectivity index (χ3n) is 2.55. The number of halogens is 2. The molecule has 8 heteroatoms. The molecule has 2 atom stereocenters. The van der Waals surface area contributed by atoms with Crippen molar-refractivity contribution in [2.75, 3.05) is 26.3 Å². The van der Waals surface area contributed by atoms with E-state index in [0.717, 1.165) is 0 Å². The summed E-state index contributed by atoms with van der Waals surface area (Å²) < 4.78 is 5.24. The van der Waals surface area contributed by atoms with Gasteiger partial charge in [-0.05, 0) is 0 Å². The van der Waals surface area contributed by atoms with E-state index in [9.17, 15) is 0 Å². The predicted octanol–water partition coefficient (Wildman–Crippen LogP) is 0.119. The Morgan fingerprint density at radius 2 is 1.94 bits per heavy atom. The fraction of sp³-hybridized carbons (Fsp3) is 0.667. The second-order valence-corrected chi connectivity index (χ2v) is 4.75. The first-order chi connectivity index (χ1) is 8.12. The molecule has 0 aliphatic carbocycles. The Balaban J connectivity index is 2.14. The highest BCUT2D eigenvalue weighted by atomic mass is 35.5. The predicted molar refractivity (Wildman–Crippen MR) is 63.6 cm³/mol. The van der Waals surface area contributed by atoms with Gasteiger partial charge in [-0.25, -0.2) is 15.0 Å². The Labute approximate surface area is 109 Å². The van der Waals surface area contributed by atoms with Crippen molar-refractivity contribution in [3.8, 4) is 0 Å². The average Bonchev–Trinajstić information content (AvgIpc) is 2.40. The average molecular weight is 278 g/mol. The molecule has 0 radical (unpaired) electrons. The summed E-state index contributed by atoms with van der Waals surface area (Å²) in [6.07, 6.45) is 2.69. The van der Waals surface area contributed by atoms with Crippen LogP contribution in [0.15, 0.2) is 12.7 Å². The Hall–Kier alpha value is -0.530. The number of hydrogen-bond acceptors (Lipinski definition) is 6. The van der Waals surface area contributed by atoms with Crippen molar-refractivity contribution in [2.45, 2.75) is 10.5 Å². The standard InChI is InChI=1S/C9H13Cl2N5O/c10-7(16-1-3-17-4-2-16)9(11,12)8-14-5-13-6-15-8/h5-7H,1-4,12H2. The smallest absolute Gasteiger partial charge is 0.181 e. The summed E-state index contributed by atoms with van der Waals surface area (Å²) in [5.74, 6) is 0.264. The monoisotopic (exact) mass is 277 g/mol. The number of aromatic nitrogens is 3. The second-order valence-electron chi connectivity index (χ2n) is 3.71. The first kappa shape index (κ1) is 12.9. The Morgan fingerprint density at radius 3 is 2.53 bits per heavy atom. The van der Waals surface area contributed by atoms with Crippen molar-refractivity contribution < 1.29 is 4.74 Å². The fourth-order valence-electron chi connectivity index (χ4n) is 1.61.